The van der Waals surface area contributed by atoms with Crippen LogP contribution in [0.25, 0.3) is 10.1 Å². The summed E-state index contributed by atoms with van der Waals surface area (Å²) in [7, 11) is 0. The zero-order valence-corrected chi connectivity index (χ0v) is 13.0. The summed E-state index contributed by atoms with van der Waals surface area (Å²) in [6, 6.07) is 17.1. The maximum atomic E-state index is 6.47. The molecule has 20 heavy (non-hydrogen) atoms. The second-order valence-electron chi connectivity index (χ2n) is 4.67. The Morgan fingerprint density at radius 3 is 2.65 bits per heavy atom. The van der Waals surface area contributed by atoms with Crippen molar-refractivity contribution in [1.82, 2.24) is 0 Å². The Morgan fingerprint density at radius 1 is 1.10 bits per heavy atom. The van der Waals surface area contributed by atoms with Crippen LogP contribution in [0.3, 0.4) is 0 Å². The smallest absolute Gasteiger partial charge is 0.0565 e. The second-order valence-corrected chi connectivity index (χ2v) is 6.92. The van der Waals surface area contributed by atoms with E-state index in [1.165, 1.54) is 26.1 Å². The first-order valence-corrected chi connectivity index (χ1v) is 8.60. The molecule has 0 aliphatic carbocycles. The number of rotatable bonds is 4. The van der Waals surface area contributed by atoms with Crippen molar-refractivity contribution >= 4 is 33.2 Å². The monoisotopic (exact) mass is 299 g/mol. The van der Waals surface area contributed by atoms with Gasteiger partial charge in [-0.3, -0.25) is 0 Å². The van der Waals surface area contributed by atoms with Gasteiger partial charge >= 0.3 is 0 Å². The number of thiophene rings is 1. The van der Waals surface area contributed by atoms with E-state index < -0.39 is 0 Å². The third-order valence-electron chi connectivity index (χ3n) is 3.39. The molecule has 0 aliphatic heterocycles. The molecule has 1 unspecified atom stereocenters. The molecule has 0 aliphatic rings. The normalized spacial score (nSPS) is 12.7. The maximum absolute atomic E-state index is 6.47. The van der Waals surface area contributed by atoms with E-state index >= 15 is 0 Å². The summed E-state index contributed by atoms with van der Waals surface area (Å²) in [6.45, 7) is 2.17. The molecule has 1 atom stereocenters. The van der Waals surface area contributed by atoms with Gasteiger partial charge in [-0.25, -0.2) is 0 Å². The minimum atomic E-state index is -0.0574. The lowest BCUT2D eigenvalue weighted by Gasteiger charge is -2.14. The van der Waals surface area contributed by atoms with Gasteiger partial charge in [0.1, 0.15) is 0 Å². The number of nitrogens with two attached hydrogens (primary N) is 1. The van der Waals surface area contributed by atoms with Crippen LogP contribution < -0.4 is 5.73 Å². The number of hydrogen-bond donors (Lipinski definition) is 1. The predicted molar refractivity (Wildman–Crippen MR) is 90.7 cm³/mol. The van der Waals surface area contributed by atoms with Crippen LogP contribution in [0.5, 0.6) is 0 Å². The van der Waals surface area contributed by atoms with Gasteiger partial charge in [0.25, 0.3) is 0 Å². The van der Waals surface area contributed by atoms with Crippen LogP contribution in [-0.2, 0) is 0 Å². The molecule has 3 aromatic rings. The highest BCUT2D eigenvalue weighted by atomic mass is 32.2. The molecule has 1 heterocycles. The molecule has 2 aromatic carbocycles. The third-order valence-corrected chi connectivity index (χ3v) is 5.27. The quantitative estimate of drug-likeness (QED) is 0.681. The molecule has 0 radical (unpaired) electrons. The Balaban J connectivity index is 1.95. The molecule has 0 bridgehead atoms. The molecular weight excluding hydrogens is 282 g/mol. The van der Waals surface area contributed by atoms with Crippen molar-refractivity contribution in [3.05, 3.63) is 65.0 Å². The number of fused-ring (bicyclic) bond motifs is 1. The molecule has 3 heteroatoms. The van der Waals surface area contributed by atoms with E-state index in [0.29, 0.717) is 0 Å². The molecule has 0 saturated heterocycles. The third kappa shape index (κ3) is 2.62. The first kappa shape index (κ1) is 13.7. The molecule has 0 spiro atoms. The number of benzene rings is 2. The first-order valence-electron chi connectivity index (χ1n) is 6.74. The fourth-order valence-electron chi connectivity index (χ4n) is 2.38. The van der Waals surface area contributed by atoms with E-state index in [1.54, 1.807) is 11.3 Å². The lowest BCUT2D eigenvalue weighted by molar-refractivity contribution is 0.880. The van der Waals surface area contributed by atoms with E-state index in [4.69, 9.17) is 5.73 Å². The van der Waals surface area contributed by atoms with Crippen LogP contribution in [0.2, 0.25) is 0 Å². The van der Waals surface area contributed by atoms with Crippen molar-refractivity contribution in [2.24, 2.45) is 5.73 Å². The van der Waals surface area contributed by atoms with E-state index in [0.717, 1.165) is 5.75 Å². The highest BCUT2D eigenvalue weighted by molar-refractivity contribution is 7.99. The van der Waals surface area contributed by atoms with Crippen LogP contribution in [0.1, 0.15) is 24.1 Å². The molecule has 2 N–H and O–H groups in total. The Kier molecular flexibility index (Phi) is 4.10. The van der Waals surface area contributed by atoms with Crippen molar-refractivity contribution in [1.29, 1.82) is 0 Å². The molecule has 1 nitrogen and oxygen atoms in total. The van der Waals surface area contributed by atoms with Gasteiger partial charge < -0.3 is 5.73 Å². The summed E-state index contributed by atoms with van der Waals surface area (Å²) in [5, 5.41) is 3.41. The molecule has 0 fully saturated rings. The van der Waals surface area contributed by atoms with Crippen LogP contribution >= 0.6 is 23.1 Å². The summed E-state index contributed by atoms with van der Waals surface area (Å²) >= 11 is 3.62. The second kappa shape index (κ2) is 6.00. The number of hydrogen-bond acceptors (Lipinski definition) is 3. The molecule has 102 valence electrons. The van der Waals surface area contributed by atoms with Gasteiger partial charge in [0, 0.05) is 9.60 Å². The Morgan fingerprint density at radius 2 is 1.90 bits per heavy atom. The highest BCUT2D eigenvalue weighted by Gasteiger charge is 2.12. The average molecular weight is 299 g/mol. The van der Waals surface area contributed by atoms with Crippen LogP contribution in [-0.4, -0.2) is 5.75 Å². The summed E-state index contributed by atoms with van der Waals surface area (Å²) in [5.74, 6) is 1.10. The predicted octanol–water partition coefficient (Wildman–Crippen LogP) is 5.06. The Labute approximate surface area is 127 Å². The Hall–Kier alpha value is -1.29. The summed E-state index contributed by atoms with van der Waals surface area (Å²) < 4.78 is 1.30. The van der Waals surface area contributed by atoms with E-state index in [9.17, 15) is 0 Å². The van der Waals surface area contributed by atoms with E-state index in [2.05, 4.69) is 60.8 Å². The van der Waals surface area contributed by atoms with Crippen molar-refractivity contribution < 1.29 is 0 Å². The van der Waals surface area contributed by atoms with Crippen LogP contribution in [0.4, 0.5) is 0 Å². The van der Waals surface area contributed by atoms with E-state index in [1.807, 2.05) is 11.8 Å². The SMILES string of the molecule is CCSc1ccc(C(N)c2cccc3ccsc23)cc1. The van der Waals surface area contributed by atoms with Crippen molar-refractivity contribution in [2.45, 2.75) is 17.9 Å². The molecule has 1 aromatic heterocycles. The van der Waals surface area contributed by atoms with Crippen LogP contribution in [0.15, 0.2) is 58.8 Å². The van der Waals surface area contributed by atoms with Crippen molar-refractivity contribution in [3.8, 4) is 0 Å². The highest BCUT2D eigenvalue weighted by Crippen LogP contribution is 2.31. The minimum absolute atomic E-state index is 0.0574. The minimum Gasteiger partial charge on any atom is -0.320 e. The summed E-state index contributed by atoms with van der Waals surface area (Å²) in [6.07, 6.45) is 0. The average Bonchev–Trinajstić information content (AvgIpc) is 2.96. The van der Waals surface area contributed by atoms with Gasteiger partial charge in [0.15, 0.2) is 0 Å². The summed E-state index contributed by atoms with van der Waals surface area (Å²) in [5.41, 5.74) is 8.85. The molecule has 0 saturated carbocycles. The lowest BCUT2D eigenvalue weighted by Crippen LogP contribution is -2.11. The van der Waals surface area contributed by atoms with Gasteiger partial charge in [-0.15, -0.1) is 23.1 Å². The lowest BCUT2D eigenvalue weighted by atomic mass is 9.99. The van der Waals surface area contributed by atoms with Crippen molar-refractivity contribution in [3.63, 3.8) is 0 Å². The molecular formula is C17H17NS2. The van der Waals surface area contributed by atoms with Gasteiger partial charge in [-0.05, 0) is 45.8 Å². The fraction of sp³-hybridized carbons (Fsp3) is 0.176. The Bertz CT molecular complexity index is 700. The van der Waals surface area contributed by atoms with Crippen LogP contribution in [0, 0.1) is 0 Å². The zero-order chi connectivity index (χ0) is 13.9. The van der Waals surface area contributed by atoms with Gasteiger partial charge in [0.05, 0.1) is 6.04 Å². The summed E-state index contributed by atoms with van der Waals surface area (Å²) in [4.78, 5) is 1.30. The van der Waals surface area contributed by atoms with Crippen molar-refractivity contribution in [2.75, 3.05) is 5.75 Å². The molecule has 0 amide bonds. The fourth-order valence-corrected chi connectivity index (χ4v) is 3.99. The van der Waals surface area contributed by atoms with Gasteiger partial charge in [0.2, 0.25) is 0 Å². The maximum Gasteiger partial charge on any atom is 0.0565 e. The molecule has 3 rings (SSSR count). The first-order chi connectivity index (χ1) is 9.79. The van der Waals surface area contributed by atoms with Gasteiger partial charge in [-0.2, -0.15) is 0 Å². The van der Waals surface area contributed by atoms with E-state index in [-0.39, 0.29) is 6.04 Å². The largest absolute Gasteiger partial charge is 0.320 e. The topological polar surface area (TPSA) is 26.0 Å². The standard InChI is InChI=1S/C17H17NS2/c1-2-19-14-8-6-12(7-9-14)16(18)15-5-3-4-13-10-11-20-17(13)15/h3-11,16H,2,18H2,1H3. The zero-order valence-electron chi connectivity index (χ0n) is 11.4. The van der Waals surface area contributed by atoms with Gasteiger partial charge in [-0.1, -0.05) is 37.3 Å². The number of thioether (sulfide) groups is 1.